The molecule has 33 heavy (non-hydrogen) atoms. The minimum atomic E-state index is 0.0832. The molecule has 1 aliphatic rings. The first-order chi connectivity index (χ1) is 16.2. The standard InChI is InChI=1S/C27H33N5O/c1-31(21-22-9-4-2-5-10-22)18-8-17-28-27(33)24-15-19-32(20-16-24)26-14-13-25(29-30-26)23-11-6-3-7-12-23/h2-7,9-14,24H,8,15-21H2,1H3,(H,28,33). The van der Waals surface area contributed by atoms with E-state index in [4.69, 9.17) is 0 Å². The Morgan fingerprint density at radius 2 is 1.67 bits per heavy atom. The number of amides is 1. The Morgan fingerprint density at radius 1 is 0.970 bits per heavy atom. The van der Waals surface area contributed by atoms with Crippen LogP contribution in [0, 0.1) is 5.92 Å². The summed E-state index contributed by atoms with van der Waals surface area (Å²) >= 11 is 0. The van der Waals surface area contributed by atoms with E-state index in [2.05, 4.69) is 56.6 Å². The largest absolute Gasteiger partial charge is 0.356 e. The maximum absolute atomic E-state index is 12.6. The highest BCUT2D eigenvalue weighted by atomic mass is 16.1. The van der Waals surface area contributed by atoms with Crippen LogP contribution in [0.5, 0.6) is 0 Å². The Kier molecular flexibility index (Phi) is 8.04. The number of piperidine rings is 1. The van der Waals surface area contributed by atoms with Crippen LogP contribution in [-0.2, 0) is 11.3 Å². The van der Waals surface area contributed by atoms with Gasteiger partial charge in [0.2, 0.25) is 5.91 Å². The average molecular weight is 444 g/mol. The van der Waals surface area contributed by atoms with Crippen LogP contribution in [0.2, 0.25) is 0 Å². The Balaban J connectivity index is 1.15. The van der Waals surface area contributed by atoms with Crippen LogP contribution < -0.4 is 10.2 Å². The molecule has 2 heterocycles. The van der Waals surface area contributed by atoms with Crippen molar-refractivity contribution in [1.29, 1.82) is 0 Å². The molecule has 0 radical (unpaired) electrons. The molecule has 1 amide bonds. The molecular formula is C27H33N5O. The second-order valence-electron chi connectivity index (χ2n) is 8.77. The van der Waals surface area contributed by atoms with Crippen molar-refractivity contribution in [3.63, 3.8) is 0 Å². The minimum Gasteiger partial charge on any atom is -0.356 e. The number of rotatable bonds is 9. The first-order valence-corrected chi connectivity index (χ1v) is 11.8. The van der Waals surface area contributed by atoms with E-state index in [0.717, 1.165) is 69.1 Å². The fraction of sp³-hybridized carbons (Fsp3) is 0.370. The highest BCUT2D eigenvalue weighted by Crippen LogP contribution is 2.23. The van der Waals surface area contributed by atoms with Crippen molar-refractivity contribution in [3.8, 4) is 11.3 Å². The molecule has 1 fully saturated rings. The van der Waals surface area contributed by atoms with Gasteiger partial charge in [0.05, 0.1) is 5.69 Å². The number of carbonyl (C=O) groups is 1. The number of anilines is 1. The van der Waals surface area contributed by atoms with Crippen molar-refractivity contribution in [3.05, 3.63) is 78.4 Å². The van der Waals surface area contributed by atoms with Crippen LogP contribution in [0.4, 0.5) is 5.82 Å². The molecule has 6 heteroatoms. The molecule has 1 aromatic heterocycles. The lowest BCUT2D eigenvalue weighted by Gasteiger charge is -2.31. The zero-order valence-corrected chi connectivity index (χ0v) is 19.4. The third kappa shape index (κ3) is 6.62. The molecule has 6 nitrogen and oxygen atoms in total. The van der Waals surface area contributed by atoms with Crippen molar-refractivity contribution in [2.75, 3.05) is 38.1 Å². The number of nitrogens with one attached hydrogen (secondary N) is 1. The Morgan fingerprint density at radius 3 is 2.33 bits per heavy atom. The van der Waals surface area contributed by atoms with Gasteiger partial charge in [0.15, 0.2) is 5.82 Å². The Labute approximate surface area is 196 Å². The maximum atomic E-state index is 12.6. The van der Waals surface area contributed by atoms with Gasteiger partial charge in [-0.15, -0.1) is 10.2 Å². The monoisotopic (exact) mass is 443 g/mol. The van der Waals surface area contributed by atoms with Gasteiger partial charge in [-0.2, -0.15) is 0 Å². The number of hydrogen-bond acceptors (Lipinski definition) is 5. The number of hydrogen-bond donors (Lipinski definition) is 1. The summed E-state index contributed by atoms with van der Waals surface area (Å²) in [6.45, 7) is 4.28. The molecule has 4 rings (SSSR count). The summed E-state index contributed by atoms with van der Waals surface area (Å²) in [6, 6.07) is 24.6. The molecule has 1 saturated heterocycles. The van der Waals surface area contributed by atoms with Gasteiger partial charge in [-0.05, 0) is 50.6 Å². The molecule has 0 unspecified atom stereocenters. The summed E-state index contributed by atoms with van der Waals surface area (Å²) in [5.74, 6) is 1.15. The van der Waals surface area contributed by atoms with E-state index in [9.17, 15) is 4.79 Å². The first-order valence-electron chi connectivity index (χ1n) is 11.8. The van der Waals surface area contributed by atoms with Gasteiger partial charge in [0, 0.05) is 37.7 Å². The van der Waals surface area contributed by atoms with Crippen molar-refractivity contribution in [2.24, 2.45) is 5.92 Å². The molecule has 1 aliphatic heterocycles. The third-order valence-corrected chi connectivity index (χ3v) is 6.22. The van der Waals surface area contributed by atoms with E-state index in [1.807, 2.05) is 48.5 Å². The van der Waals surface area contributed by atoms with E-state index in [1.165, 1.54) is 5.56 Å². The van der Waals surface area contributed by atoms with Crippen LogP contribution in [0.15, 0.2) is 72.8 Å². The van der Waals surface area contributed by atoms with Gasteiger partial charge in [0.1, 0.15) is 0 Å². The molecule has 172 valence electrons. The predicted molar refractivity (Wildman–Crippen MR) is 133 cm³/mol. The number of aromatic nitrogens is 2. The van der Waals surface area contributed by atoms with Crippen LogP contribution in [0.3, 0.4) is 0 Å². The lowest BCUT2D eigenvalue weighted by atomic mass is 9.96. The summed E-state index contributed by atoms with van der Waals surface area (Å²) in [5.41, 5.74) is 3.26. The summed E-state index contributed by atoms with van der Waals surface area (Å²) in [5, 5.41) is 12.0. The van der Waals surface area contributed by atoms with Crippen LogP contribution in [0.1, 0.15) is 24.8 Å². The Hall–Kier alpha value is -3.25. The number of nitrogens with zero attached hydrogens (tertiary/aromatic N) is 4. The highest BCUT2D eigenvalue weighted by molar-refractivity contribution is 5.78. The highest BCUT2D eigenvalue weighted by Gasteiger charge is 2.25. The molecule has 0 bridgehead atoms. The van der Waals surface area contributed by atoms with Crippen LogP contribution in [0.25, 0.3) is 11.3 Å². The first kappa shape index (κ1) is 22.9. The van der Waals surface area contributed by atoms with E-state index in [0.29, 0.717) is 0 Å². The van der Waals surface area contributed by atoms with Crippen molar-refractivity contribution >= 4 is 11.7 Å². The Bertz CT molecular complexity index is 986. The fourth-order valence-corrected chi connectivity index (χ4v) is 4.31. The van der Waals surface area contributed by atoms with Gasteiger partial charge in [-0.1, -0.05) is 60.7 Å². The molecule has 2 aromatic carbocycles. The maximum Gasteiger partial charge on any atom is 0.223 e. The van der Waals surface area contributed by atoms with E-state index < -0.39 is 0 Å². The molecule has 0 aliphatic carbocycles. The van der Waals surface area contributed by atoms with Crippen molar-refractivity contribution in [2.45, 2.75) is 25.8 Å². The smallest absolute Gasteiger partial charge is 0.223 e. The summed E-state index contributed by atoms with van der Waals surface area (Å²) in [6.07, 6.45) is 2.65. The molecule has 0 spiro atoms. The zero-order valence-electron chi connectivity index (χ0n) is 19.4. The van der Waals surface area contributed by atoms with E-state index >= 15 is 0 Å². The van der Waals surface area contributed by atoms with E-state index in [1.54, 1.807) is 0 Å². The predicted octanol–water partition coefficient (Wildman–Crippen LogP) is 4.00. The average Bonchev–Trinajstić information content (AvgIpc) is 2.88. The summed E-state index contributed by atoms with van der Waals surface area (Å²) in [4.78, 5) is 17.1. The molecular weight excluding hydrogens is 410 g/mol. The summed E-state index contributed by atoms with van der Waals surface area (Å²) in [7, 11) is 2.12. The van der Waals surface area contributed by atoms with Crippen molar-refractivity contribution in [1.82, 2.24) is 20.4 Å². The van der Waals surface area contributed by atoms with Gasteiger partial charge in [0.25, 0.3) is 0 Å². The van der Waals surface area contributed by atoms with Gasteiger partial charge >= 0.3 is 0 Å². The van der Waals surface area contributed by atoms with Crippen LogP contribution >= 0.6 is 0 Å². The van der Waals surface area contributed by atoms with Gasteiger partial charge < -0.3 is 15.1 Å². The summed E-state index contributed by atoms with van der Waals surface area (Å²) < 4.78 is 0. The molecule has 1 N–H and O–H groups in total. The SMILES string of the molecule is CN(CCCNC(=O)C1CCN(c2ccc(-c3ccccc3)nn2)CC1)Cc1ccccc1. The van der Waals surface area contributed by atoms with Gasteiger partial charge in [-0.25, -0.2) is 0 Å². The number of carbonyl (C=O) groups excluding carboxylic acids is 1. The molecule has 3 aromatic rings. The minimum absolute atomic E-state index is 0.0832. The topological polar surface area (TPSA) is 61.4 Å². The van der Waals surface area contributed by atoms with Gasteiger partial charge in [-0.3, -0.25) is 4.79 Å². The quantitative estimate of drug-likeness (QED) is 0.507. The second kappa shape index (κ2) is 11.6. The second-order valence-corrected chi connectivity index (χ2v) is 8.77. The zero-order chi connectivity index (χ0) is 22.9. The third-order valence-electron chi connectivity index (χ3n) is 6.22. The normalized spacial score (nSPS) is 14.4. The molecule has 0 atom stereocenters. The van der Waals surface area contributed by atoms with Crippen LogP contribution in [-0.4, -0.2) is 54.2 Å². The number of benzene rings is 2. The molecule has 0 saturated carbocycles. The van der Waals surface area contributed by atoms with Crippen molar-refractivity contribution < 1.29 is 4.79 Å². The lowest BCUT2D eigenvalue weighted by molar-refractivity contribution is -0.125. The lowest BCUT2D eigenvalue weighted by Crippen LogP contribution is -2.41. The van der Waals surface area contributed by atoms with E-state index in [-0.39, 0.29) is 11.8 Å². The fourth-order valence-electron chi connectivity index (χ4n) is 4.31.